The van der Waals surface area contributed by atoms with E-state index in [1.807, 2.05) is 6.07 Å². The molecule has 3 aromatic rings. The largest absolute Gasteiger partial charge is 0.348 e. The lowest BCUT2D eigenvalue weighted by Gasteiger charge is -2.05. The van der Waals surface area contributed by atoms with Crippen LogP contribution in [0.4, 0.5) is 4.39 Å². The Kier molecular flexibility index (Phi) is 3.24. The van der Waals surface area contributed by atoms with Gasteiger partial charge in [-0.25, -0.2) is 13.9 Å². The molecule has 118 valence electrons. The molecular weight excluding hydrogens is 309 g/mol. The van der Waals surface area contributed by atoms with Crippen molar-refractivity contribution >= 4 is 11.6 Å². The van der Waals surface area contributed by atoms with Crippen molar-refractivity contribution in [3.63, 3.8) is 0 Å². The van der Waals surface area contributed by atoms with Crippen LogP contribution in [0.3, 0.4) is 0 Å². The lowest BCUT2D eigenvalue weighted by molar-refractivity contribution is 0.0946. The van der Waals surface area contributed by atoms with Gasteiger partial charge in [0.25, 0.3) is 5.91 Å². The number of nitrogens with one attached hydrogen (secondary N) is 1. The predicted octanol–water partition coefficient (Wildman–Crippen LogP) is 2.30. The predicted molar refractivity (Wildman–Crippen MR) is 83.6 cm³/mol. The molecule has 1 N–H and O–H groups in total. The number of hydrogen-bond donors (Lipinski definition) is 1. The van der Waals surface area contributed by atoms with Gasteiger partial charge in [-0.05, 0) is 37.1 Å². The van der Waals surface area contributed by atoms with Gasteiger partial charge < -0.3 is 5.32 Å². The van der Waals surface area contributed by atoms with Crippen molar-refractivity contribution in [3.05, 3.63) is 53.7 Å². The van der Waals surface area contributed by atoms with E-state index in [2.05, 4.69) is 15.4 Å². The van der Waals surface area contributed by atoms with Crippen molar-refractivity contribution < 1.29 is 9.18 Å². The Bertz CT molecular complexity index is 1000. The van der Waals surface area contributed by atoms with Crippen LogP contribution in [0.5, 0.6) is 0 Å². The highest BCUT2D eigenvalue weighted by Gasteiger charge is 2.29. The third-order valence-electron chi connectivity index (χ3n) is 3.89. The number of nitrogens with zero attached hydrogens (tertiary/aromatic N) is 4. The number of hydrogen-bond acceptors (Lipinski definition) is 4. The highest BCUT2D eigenvalue weighted by atomic mass is 19.1. The first-order chi connectivity index (χ1) is 11.7. The normalized spacial score (nSPS) is 13.7. The molecule has 0 atom stereocenters. The number of benzene rings is 1. The summed E-state index contributed by atoms with van der Waals surface area (Å²) in [5.41, 5.74) is 1.26. The van der Waals surface area contributed by atoms with Gasteiger partial charge in [-0.15, -0.1) is 0 Å². The van der Waals surface area contributed by atoms with E-state index in [0.717, 1.165) is 18.9 Å². The third kappa shape index (κ3) is 2.38. The minimum Gasteiger partial charge on any atom is -0.348 e. The molecule has 1 amide bonds. The maximum Gasteiger partial charge on any atom is 0.272 e. The van der Waals surface area contributed by atoms with Crippen molar-refractivity contribution in [2.24, 2.45) is 0 Å². The smallest absolute Gasteiger partial charge is 0.272 e. The lowest BCUT2D eigenvalue weighted by Crippen LogP contribution is -2.26. The molecule has 1 aliphatic rings. The van der Waals surface area contributed by atoms with Gasteiger partial charge >= 0.3 is 0 Å². The van der Waals surface area contributed by atoms with E-state index in [-0.39, 0.29) is 28.8 Å². The summed E-state index contributed by atoms with van der Waals surface area (Å²) in [6.07, 6.45) is 5.10. The van der Waals surface area contributed by atoms with E-state index in [4.69, 9.17) is 5.26 Å². The molecule has 0 unspecified atom stereocenters. The second-order valence-corrected chi connectivity index (χ2v) is 5.67. The maximum absolute atomic E-state index is 14.5. The van der Waals surface area contributed by atoms with Crippen LogP contribution in [0.15, 0.2) is 36.7 Å². The molecule has 4 rings (SSSR count). The third-order valence-corrected chi connectivity index (χ3v) is 3.89. The maximum atomic E-state index is 14.5. The first kappa shape index (κ1) is 14.3. The Morgan fingerprint density at radius 3 is 2.96 bits per heavy atom. The Morgan fingerprint density at radius 1 is 1.42 bits per heavy atom. The van der Waals surface area contributed by atoms with Gasteiger partial charge in [-0.2, -0.15) is 10.4 Å². The summed E-state index contributed by atoms with van der Waals surface area (Å²) in [6, 6.07) is 7.87. The average Bonchev–Trinajstić information content (AvgIpc) is 3.32. The van der Waals surface area contributed by atoms with Crippen LogP contribution >= 0.6 is 0 Å². The fourth-order valence-corrected chi connectivity index (χ4v) is 2.56. The number of halogens is 1. The minimum absolute atomic E-state index is 0.129. The monoisotopic (exact) mass is 321 g/mol. The van der Waals surface area contributed by atoms with Crippen molar-refractivity contribution in [3.8, 4) is 17.2 Å². The number of amides is 1. The van der Waals surface area contributed by atoms with Crippen molar-refractivity contribution in [2.75, 3.05) is 0 Å². The Labute approximate surface area is 136 Å². The van der Waals surface area contributed by atoms with Crippen molar-refractivity contribution in [1.29, 1.82) is 5.26 Å². The molecule has 0 aliphatic heterocycles. The number of carbonyl (C=O) groups excluding carboxylic acids is 1. The zero-order valence-corrected chi connectivity index (χ0v) is 12.5. The Balaban J connectivity index is 1.92. The first-order valence-corrected chi connectivity index (χ1v) is 7.51. The summed E-state index contributed by atoms with van der Waals surface area (Å²) in [7, 11) is 0. The van der Waals surface area contributed by atoms with Crippen LogP contribution in [-0.2, 0) is 0 Å². The van der Waals surface area contributed by atoms with Crippen molar-refractivity contribution in [2.45, 2.75) is 18.9 Å². The summed E-state index contributed by atoms with van der Waals surface area (Å²) >= 11 is 0. The van der Waals surface area contributed by atoms with Gasteiger partial charge in [-0.1, -0.05) is 0 Å². The van der Waals surface area contributed by atoms with Gasteiger partial charge in [0.05, 0.1) is 17.2 Å². The zero-order chi connectivity index (χ0) is 16.7. The Hall–Kier alpha value is -3.27. The minimum atomic E-state index is -0.588. The molecule has 2 heterocycles. The first-order valence-electron chi connectivity index (χ1n) is 7.51. The highest BCUT2D eigenvalue weighted by Crippen LogP contribution is 2.31. The molecule has 1 aliphatic carbocycles. The number of nitriles is 1. The summed E-state index contributed by atoms with van der Waals surface area (Å²) < 4.78 is 16.0. The van der Waals surface area contributed by atoms with Crippen LogP contribution in [0.1, 0.15) is 28.9 Å². The quantitative estimate of drug-likeness (QED) is 0.802. The van der Waals surface area contributed by atoms with E-state index in [0.29, 0.717) is 11.2 Å². The second-order valence-electron chi connectivity index (χ2n) is 5.67. The van der Waals surface area contributed by atoms with Crippen LogP contribution in [-0.4, -0.2) is 26.5 Å². The zero-order valence-electron chi connectivity index (χ0n) is 12.5. The SMILES string of the molecule is N#Cc1ccc(-c2c(C(=O)NC3CC3)nn3cccnc23)c(F)c1. The molecule has 6 nitrogen and oxygen atoms in total. The molecule has 1 aromatic carbocycles. The standard InChI is InChI=1S/C17H12FN5O/c18-13-8-10(9-19)2-5-12(13)14-15(17(24)21-11-3-4-11)22-23-7-1-6-20-16(14)23/h1-2,5-8,11H,3-4H2,(H,21,24). The van der Waals surface area contributed by atoms with Gasteiger partial charge in [0.15, 0.2) is 11.3 Å². The van der Waals surface area contributed by atoms with Gasteiger partial charge in [0.1, 0.15) is 5.82 Å². The van der Waals surface area contributed by atoms with E-state index < -0.39 is 5.82 Å². The van der Waals surface area contributed by atoms with Gasteiger partial charge in [-0.3, -0.25) is 4.79 Å². The molecule has 0 spiro atoms. The average molecular weight is 321 g/mol. The van der Waals surface area contributed by atoms with Crippen LogP contribution in [0, 0.1) is 17.1 Å². The molecule has 24 heavy (non-hydrogen) atoms. The summed E-state index contributed by atoms with van der Waals surface area (Å²) in [6.45, 7) is 0. The molecule has 7 heteroatoms. The number of fused-ring (bicyclic) bond motifs is 1. The van der Waals surface area contributed by atoms with Gasteiger partial charge in [0.2, 0.25) is 0 Å². The fraction of sp³-hybridized carbons (Fsp3) is 0.176. The van der Waals surface area contributed by atoms with E-state index in [1.165, 1.54) is 16.6 Å². The van der Waals surface area contributed by atoms with E-state index >= 15 is 0 Å². The molecule has 2 aromatic heterocycles. The lowest BCUT2D eigenvalue weighted by atomic mass is 10.0. The fourth-order valence-electron chi connectivity index (χ4n) is 2.56. The molecule has 1 fully saturated rings. The van der Waals surface area contributed by atoms with E-state index in [1.54, 1.807) is 18.5 Å². The highest BCUT2D eigenvalue weighted by molar-refractivity contribution is 6.03. The van der Waals surface area contributed by atoms with Crippen LogP contribution < -0.4 is 5.32 Å². The summed E-state index contributed by atoms with van der Waals surface area (Å²) in [5, 5.41) is 16.0. The molecule has 0 bridgehead atoms. The molecule has 0 saturated heterocycles. The molecule has 1 saturated carbocycles. The van der Waals surface area contributed by atoms with Crippen molar-refractivity contribution in [1.82, 2.24) is 19.9 Å². The molecule has 0 radical (unpaired) electrons. The van der Waals surface area contributed by atoms with Crippen LogP contribution in [0.25, 0.3) is 16.8 Å². The number of carbonyl (C=O) groups is 1. The summed E-state index contributed by atoms with van der Waals surface area (Å²) in [4.78, 5) is 16.7. The summed E-state index contributed by atoms with van der Waals surface area (Å²) in [5.74, 6) is -0.933. The number of aromatic nitrogens is 3. The topological polar surface area (TPSA) is 83.1 Å². The second kappa shape index (κ2) is 5.42. The van der Waals surface area contributed by atoms with Gasteiger partial charge in [0, 0.05) is 24.0 Å². The number of rotatable bonds is 3. The Morgan fingerprint density at radius 2 is 2.25 bits per heavy atom. The molecular formula is C17H12FN5O. The van der Waals surface area contributed by atoms with E-state index in [9.17, 15) is 9.18 Å². The van der Waals surface area contributed by atoms with Crippen LogP contribution in [0.2, 0.25) is 0 Å².